The summed E-state index contributed by atoms with van der Waals surface area (Å²) in [6, 6.07) is 5.25. The Morgan fingerprint density at radius 1 is 1.58 bits per heavy atom. The number of halogens is 2. The molecule has 2 atom stereocenters. The summed E-state index contributed by atoms with van der Waals surface area (Å²) in [5.74, 6) is 1.15. The molecule has 0 N–H and O–H groups in total. The highest BCUT2D eigenvalue weighted by Crippen LogP contribution is 2.31. The van der Waals surface area contributed by atoms with Crippen LogP contribution in [0.5, 0.6) is 0 Å². The third kappa shape index (κ3) is 2.13. The largest absolute Gasteiger partial charge is 0.381 e. The zero-order valence-corrected chi connectivity index (χ0v) is 11.5. The number of nitrogens with zero attached hydrogens (tertiary/aromatic N) is 2. The van der Waals surface area contributed by atoms with Gasteiger partial charge < -0.3 is 9.30 Å². The average molecular weight is 283 g/mol. The monoisotopic (exact) mass is 282 g/mol. The predicted molar refractivity (Wildman–Crippen MR) is 72.9 cm³/mol. The number of fused-ring (bicyclic) bond motifs is 1. The van der Waals surface area contributed by atoms with Crippen molar-refractivity contribution in [1.29, 1.82) is 0 Å². The molecular weight excluding hydrogens is 267 g/mol. The van der Waals surface area contributed by atoms with Gasteiger partial charge in [-0.3, -0.25) is 0 Å². The molecule has 0 radical (unpaired) electrons. The molecule has 1 aromatic carbocycles. The zero-order valence-electron chi connectivity index (χ0n) is 10.8. The van der Waals surface area contributed by atoms with Gasteiger partial charge in [0.05, 0.1) is 18.0 Å². The minimum absolute atomic E-state index is 0.211. The molecule has 5 heteroatoms. The summed E-state index contributed by atoms with van der Waals surface area (Å²) in [6.07, 6.45) is 1.03. The number of benzene rings is 1. The highest BCUT2D eigenvalue weighted by atomic mass is 35.5. The highest BCUT2D eigenvalue weighted by molar-refractivity contribution is 6.16. The summed E-state index contributed by atoms with van der Waals surface area (Å²) in [4.78, 5) is 4.34. The third-order valence-corrected chi connectivity index (χ3v) is 4.16. The van der Waals surface area contributed by atoms with E-state index in [1.165, 1.54) is 6.07 Å². The smallest absolute Gasteiger partial charge is 0.151 e. The van der Waals surface area contributed by atoms with E-state index in [0.717, 1.165) is 31.0 Å². The van der Waals surface area contributed by atoms with Crippen molar-refractivity contribution in [3.8, 4) is 0 Å². The van der Waals surface area contributed by atoms with E-state index < -0.39 is 0 Å². The molecule has 0 saturated carbocycles. The van der Waals surface area contributed by atoms with E-state index in [0.29, 0.717) is 11.4 Å². The Kier molecular flexibility index (Phi) is 3.46. The van der Waals surface area contributed by atoms with E-state index in [1.54, 1.807) is 6.07 Å². The Morgan fingerprint density at radius 2 is 2.42 bits per heavy atom. The van der Waals surface area contributed by atoms with Crippen LogP contribution in [0, 0.1) is 11.7 Å². The van der Waals surface area contributed by atoms with Gasteiger partial charge in [-0.1, -0.05) is 6.07 Å². The van der Waals surface area contributed by atoms with Gasteiger partial charge in [-0.25, -0.2) is 9.37 Å². The standard InChI is InChI=1S/C14H16ClFN2O/c1-9(10-5-6-19-8-10)18-12-4-2-3-11(16)14(12)17-13(18)7-15/h2-4,9-10H,5-8H2,1H3. The van der Waals surface area contributed by atoms with Crippen LogP contribution in [-0.4, -0.2) is 22.8 Å². The lowest BCUT2D eigenvalue weighted by Crippen LogP contribution is -2.18. The molecule has 19 heavy (non-hydrogen) atoms. The van der Waals surface area contributed by atoms with E-state index in [4.69, 9.17) is 16.3 Å². The molecule has 1 aliphatic heterocycles. The number of imidazole rings is 1. The topological polar surface area (TPSA) is 27.1 Å². The van der Waals surface area contributed by atoms with Gasteiger partial charge in [0.25, 0.3) is 0 Å². The van der Waals surface area contributed by atoms with Gasteiger partial charge in [-0.2, -0.15) is 0 Å². The van der Waals surface area contributed by atoms with Gasteiger partial charge in [0.2, 0.25) is 0 Å². The molecule has 1 saturated heterocycles. The van der Waals surface area contributed by atoms with Crippen LogP contribution in [0.15, 0.2) is 18.2 Å². The quantitative estimate of drug-likeness (QED) is 0.806. The van der Waals surface area contributed by atoms with Crippen molar-refractivity contribution in [2.24, 2.45) is 5.92 Å². The maximum Gasteiger partial charge on any atom is 0.151 e. The first kappa shape index (κ1) is 12.9. The molecule has 2 aromatic rings. The molecule has 0 spiro atoms. The first-order valence-electron chi connectivity index (χ1n) is 6.51. The lowest BCUT2D eigenvalue weighted by atomic mass is 10.0. The van der Waals surface area contributed by atoms with Crippen LogP contribution in [0.3, 0.4) is 0 Å². The van der Waals surface area contributed by atoms with Gasteiger partial charge >= 0.3 is 0 Å². The summed E-state index contributed by atoms with van der Waals surface area (Å²) in [6.45, 7) is 3.67. The highest BCUT2D eigenvalue weighted by Gasteiger charge is 2.27. The van der Waals surface area contributed by atoms with Crippen molar-refractivity contribution >= 4 is 22.6 Å². The lowest BCUT2D eigenvalue weighted by Gasteiger charge is -2.22. The molecule has 1 aliphatic rings. The molecule has 2 unspecified atom stereocenters. The number of para-hydroxylation sites is 1. The Balaban J connectivity index is 2.12. The van der Waals surface area contributed by atoms with Crippen LogP contribution in [0.1, 0.15) is 25.2 Å². The Bertz CT molecular complexity index is 592. The van der Waals surface area contributed by atoms with Crippen molar-refractivity contribution in [3.63, 3.8) is 0 Å². The van der Waals surface area contributed by atoms with Crippen LogP contribution >= 0.6 is 11.6 Å². The Labute approximate surface area is 116 Å². The van der Waals surface area contributed by atoms with Crippen LogP contribution in [0.25, 0.3) is 11.0 Å². The second-order valence-electron chi connectivity index (χ2n) is 5.00. The number of ether oxygens (including phenoxy) is 1. The first-order valence-corrected chi connectivity index (χ1v) is 7.05. The Hall–Kier alpha value is -1.13. The van der Waals surface area contributed by atoms with Crippen LogP contribution < -0.4 is 0 Å². The molecule has 3 nitrogen and oxygen atoms in total. The van der Waals surface area contributed by atoms with E-state index in [9.17, 15) is 4.39 Å². The van der Waals surface area contributed by atoms with Gasteiger partial charge in [0, 0.05) is 18.6 Å². The molecule has 0 bridgehead atoms. The summed E-state index contributed by atoms with van der Waals surface area (Å²) >= 11 is 5.97. The molecular formula is C14H16ClFN2O. The number of rotatable bonds is 3. The maximum atomic E-state index is 13.8. The SMILES string of the molecule is CC(C1CCOC1)n1c(CCl)nc2c(F)cccc21. The molecule has 1 fully saturated rings. The van der Waals surface area contributed by atoms with Crippen LogP contribution in [0.4, 0.5) is 4.39 Å². The fraction of sp³-hybridized carbons (Fsp3) is 0.500. The van der Waals surface area contributed by atoms with Crippen molar-refractivity contribution < 1.29 is 9.13 Å². The number of aromatic nitrogens is 2. The van der Waals surface area contributed by atoms with Crippen molar-refractivity contribution in [2.75, 3.05) is 13.2 Å². The van der Waals surface area contributed by atoms with Gasteiger partial charge in [-0.15, -0.1) is 11.6 Å². The average Bonchev–Trinajstić information content (AvgIpc) is 3.05. The van der Waals surface area contributed by atoms with Crippen LogP contribution in [-0.2, 0) is 10.6 Å². The number of hydrogen-bond acceptors (Lipinski definition) is 2. The van der Waals surface area contributed by atoms with Gasteiger partial charge in [0.15, 0.2) is 5.82 Å². The Morgan fingerprint density at radius 3 is 3.11 bits per heavy atom. The molecule has 0 amide bonds. The molecule has 102 valence electrons. The fourth-order valence-electron chi connectivity index (χ4n) is 2.82. The van der Waals surface area contributed by atoms with Gasteiger partial charge in [-0.05, 0) is 25.5 Å². The maximum absolute atomic E-state index is 13.8. The van der Waals surface area contributed by atoms with Crippen molar-refractivity contribution in [1.82, 2.24) is 9.55 Å². The van der Waals surface area contributed by atoms with Crippen molar-refractivity contribution in [2.45, 2.75) is 25.3 Å². The minimum Gasteiger partial charge on any atom is -0.381 e. The molecule has 3 rings (SSSR count). The summed E-state index contributed by atoms with van der Waals surface area (Å²) in [7, 11) is 0. The molecule has 2 heterocycles. The second kappa shape index (κ2) is 5.10. The fourth-order valence-corrected chi connectivity index (χ4v) is 3.01. The summed E-state index contributed by atoms with van der Waals surface area (Å²) < 4.78 is 21.3. The summed E-state index contributed by atoms with van der Waals surface area (Å²) in [5.41, 5.74) is 1.22. The van der Waals surface area contributed by atoms with Crippen LogP contribution in [0.2, 0.25) is 0 Å². The van der Waals surface area contributed by atoms with E-state index in [-0.39, 0.29) is 17.7 Å². The number of alkyl halides is 1. The molecule has 1 aromatic heterocycles. The first-order chi connectivity index (χ1) is 9.22. The van der Waals surface area contributed by atoms with Gasteiger partial charge in [0.1, 0.15) is 11.3 Å². The second-order valence-corrected chi connectivity index (χ2v) is 5.27. The predicted octanol–water partition coefficient (Wildman–Crippen LogP) is 3.51. The summed E-state index contributed by atoms with van der Waals surface area (Å²) in [5, 5.41) is 0. The van der Waals surface area contributed by atoms with E-state index in [1.807, 2.05) is 6.07 Å². The van der Waals surface area contributed by atoms with E-state index >= 15 is 0 Å². The molecule has 0 aliphatic carbocycles. The lowest BCUT2D eigenvalue weighted by molar-refractivity contribution is 0.175. The zero-order chi connectivity index (χ0) is 13.4. The van der Waals surface area contributed by atoms with Crippen molar-refractivity contribution in [3.05, 3.63) is 29.8 Å². The normalized spacial score (nSPS) is 21.1. The minimum atomic E-state index is -0.294. The number of hydrogen-bond donors (Lipinski definition) is 0. The third-order valence-electron chi connectivity index (χ3n) is 3.92. The van der Waals surface area contributed by atoms with E-state index in [2.05, 4.69) is 16.5 Å².